The van der Waals surface area contributed by atoms with Crippen LogP contribution in [0.5, 0.6) is 5.75 Å². The van der Waals surface area contributed by atoms with Gasteiger partial charge in [-0.1, -0.05) is 29.8 Å². The average molecular weight is 362 g/mol. The van der Waals surface area contributed by atoms with E-state index in [-0.39, 0.29) is 18.0 Å². The Labute approximate surface area is 132 Å². The Morgan fingerprint density at radius 3 is 2.43 bits per heavy atom. The zero-order valence-corrected chi connectivity index (χ0v) is 13.9. The van der Waals surface area contributed by atoms with Gasteiger partial charge >= 0.3 is 5.69 Å². The van der Waals surface area contributed by atoms with Crippen LogP contribution in [0.3, 0.4) is 0 Å². The molecule has 1 aromatic rings. The number of hydrogen-bond donors (Lipinski definition) is 2. The summed E-state index contributed by atoms with van der Waals surface area (Å²) in [4.78, 5) is 10.6. The van der Waals surface area contributed by atoms with Crippen LogP contribution in [0.2, 0.25) is 0 Å². The van der Waals surface area contributed by atoms with E-state index in [1.54, 1.807) is 6.07 Å². The third kappa shape index (κ3) is 4.39. The molecule has 2 N–H and O–H groups in total. The SMILES string of the molecule is CCC(O)(CC)COc1c([C@H](C)O)cc(Br)cc1[N+](=O)[O-]. The van der Waals surface area contributed by atoms with Crippen molar-refractivity contribution in [2.24, 2.45) is 0 Å². The summed E-state index contributed by atoms with van der Waals surface area (Å²) in [7, 11) is 0. The van der Waals surface area contributed by atoms with Crippen molar-refractivity contribution in [3.05, 3.63) is 32.3 Å². The molecule has 0 saturated carbocycles. The molecule has 0 aliphatic rings. The Bertz CT molecular complexity index is 514. The van der Waals surface area contributed by atoms with Crippen LogP contribution < -0.4 is 4.74 Å². The van der Waals surface area contributed by atoms with Crippen molar-refractivity contribution in [3.63, 3.8) is 0 Å². The first-order chi connectivity index (χ1) is 9.74. The molecule has 0 saturated heterocycles. The van der Waals surface area contributed by atoms with Crippen molar-refractivity contribution in [1.82, 2.24) is 0 Å². The number of hydrogen-bond acceptors (Lipinski definition) is 5. The predicted molar refractivity (Wildman–Crippen MR) is 82.5 cm³/mol. The highest BCUT2D eigenvalue weighted by Gasteiger charge is 2.28. The maximum atomic E-state index is 11.2. The van der Waals surface area contributed by atoms with Gasteiger partial charge in [0.15, 0.2) is 0 Å². The van der Waals surface area contributed by atoms with E-state index < -0.39 is 16.6 Å². The lowest BCUT2D eigenvalue weighted by Gasteiger charge is -2.26. The molecule has 21 heavy (non-hydrogen) atoms. The largest absolute Gasteiger partial charge is 0.483 e. The summed E-state index contributed by atoms with van der Waals surface area (Å²) >= 11 is 3.18. The van der Waals surface area contributed by atoms with Gasteiger partial charge in [0.25, 0.3) is 0 Å². The molecule has 1 rings (SSSR count). The Hall–Kier alpha value is -1.18. The van der Waals surface area contributed by atoms with Crippen molar-refractivity contribution in [1.29, 1.82) is 0 Å². The molecular weight excluding hydrogens is 342 g/mol. The fourth-order valence-electron chi connectivity index (χ4n) is 1.86. The van der Waals surface area contributed by atoms with Crippen LogP contribution in [0.15, 0.2) is 16.6 Å². The first-order valence-electron chi connectivity index (χ1n) is 6.75. The van der Waals surface area contributed by atoms with Gasteiger partial charge in [0.1, 0.15) is 6.61 Å². The number of ether oxygens (including phenoxy) is 1. The molecule has 0 amide bonds. The van der Waals surface area contributed by atoms with Crippen LogP contribution in [-0.2, 0) is 0 Å². The summed E-state index contributed by atoms with van der Waals surface area (Å²) in [5, 5.41) is 31.2. The maximum absolute atomic E-state index is 11.2. The molecule has 0 heterocycles. The third-order valence-corrected chi connectivity index (χ3v) is 3.97. The van der Waals surface area contributed by atoms with E-state index in [0.717, 1.165) is 0 Å². The average Bonchev–Trinajstić information content (AvgIpc) is 2.44. The number of aliphatic hydroxyl groups is 2. The van der Waals surface area contributed by atoms with Crippen LogP contribution in [0, 0.1) is 10.1 Å². The van der Waals surface area contributed by atoms with E-state index >= 15 is 0 Å². The fourth-order valence-corrected chi connectivity index (χ4v) is 2.33. The molecule has 0 aromatic heterocycles. The normalized spacial score (nSPS) is 13.0. The minimum Gasteiger partial charge on any atom is -0.483 e. The van der Waals surface area contributed by atoms with Crippen LogP contribution in [-0.4, -0.2) is 27.3 Å². The van der Waals surface area contributed by atoms with Crippen LogP contribution >= 0.6 is 15.9 Å². The number of nitro groups is 1. The van der Waals surface area contributed by atoms with E-state index in [4.69, 9.17) is 4.74 Å². The van der Waals surface area contributed by atoms with Gasteiger partial charge in [0.05, 0.1) is 16.6 Å². The van der Waals surface area contributed by atoms with E-state index in [1.165, 1.54) is 13.0 Å². The highest BCUT2D eigenvalue weighted by Crippen LogP contribution is 2.38. The molecule has 0 radical (unpaired) electrons. The summed E-state index contributed by atoms with van der Waals surface area (Å²) in [6.45, 7) is 5.07. The van der Waals surface area contributed by atoms with E-state index in [0.29, 0.717) is 22.9 Å². The molecule has 6 nitrogen and oxygen atoms in total. The smallest absolute Gasteiger partial charge is 0.312 e. The number of nitrogens with zero attached hydrogens (tertiary/aromatic N) is 1. The first kappa shape index (κ1) is 17.9. The Morgan fingerprint density at radius 1 is 1.43 bits per heavy atom. The lowest BCUT2D eigenvalue weighted by molar-refractivity contribution is -0.386. The lowest BCUT2D eigenvalue weighted by atomic mass is 9.99. The second-order valence-corrected chi connectivity index (χ2v) is 5.91. The summed E-state index contributed by atoms with van der Waals surface area (Å²) in [6, 6.07) is 2.89. The zero-order valence-electron chi connectivity index (χ0n) is 12.3. The van der Waals surface area contributed by atoms with Gasteiger partial charge in [0, 0.05) is 16.1 Å². The van der Waals surface area contributed by atoms with Crippen molar-refractivity contribution in [3.8, 4) is 5.75 Å². The molecule has 0 spiro atoms. The Morgan fingerprint density at radius 2 is 2.00 bits per heavy atom. The van der Waals surface area contributed by atoms with Crippen LogP contribution in [0.25, 0.3) is 0 Å². The monoisotopic (exact) mass is 361 g/mol. The molecule has 0 unspecified atom stereocenters. The topological polar surface area (TPSA) is 92.8 Å². The molecule has 7 heteroatoms. The number of aliphatic hydroxyl groups excluding tert-OH is 1. The van der Waals surface area contributed by atoms with Crippen molar-refractivity contribution >= 4 is 21.6 Å². The van der Waals surface area contributed by atoms with E-state index in [9.17, 15) is 20.3 Å². The van der Waals surface area contributed by atoms with Crippen LogP contribution in [0.1, 0.15) is 45.3 Å². The maximum Gasteiger partial charge on any atom is 0.312 e. The van der Waals surface area contributed by atoms with Gasteiger partial charge in [-0.2, -0.15) is 0 Å². The summed E-state index contributed by atoms with van der Waals surface area (Å²) in [5.74, 6) is -0.00137. The number of benzene rings is 1. The summed E-state index contributed by atoms with van der Waals surface area (Å²) < 4.78 is 6.01. The second kappa shape index (κ2) is 7.20. The van der Waals surface area contributed by atoms with Gasteiger partial charge in [-0.25, -0.2) is 0 Å². The summed E-state index contributed by atoms with van der Waals surface area (Å²) in [5.41, 5.74) is -0.975. The van der Waals surface area contributed by atoms with Gasteiger partial charge in [0.2, 0.25) is 5.75 Å². The van der Waals surface area contributed by atoms with Gasteiger partial charge in [-0.3, -0.25) is 10.1 Å². The molecule has 0 aliphatic heterocycles. The summed E-state index contributed by atoms with van der Waals surface area (Å²) in [6.07, 6.45) is 0.0166. The molecule has 1 atom stereocenters. The van der Waals surface area contributed by atoms with Gasteiger partial charge in [-0.05, 0) is 25.8 Å². The zero-order chi connectivity index (χ0) is 16.2. The molecule has 0 bridgehead atoms. The second-order valence-electron chi connectivity index (χ2n) is 5.00. The number of halogens is 1. The van der Waals surface area contributed by atoms with E-state index in [2.05, 4.69) is 15.9 Å². The standard InChI is InChI=1S/C14H20BrNO5/c1-4-14(18,5-2)8-21-13-11(9(3)17)6-10(15)7-12(13)16(19)20/h6-7,9,17-18H,4-5,8H2,1-3H3/t9-/m0/s1. The molecule has 0 fully saturated rings. The van der Waals surface area contributed by atoms with Crippen molar-refractivity contribution < 1.29 is 19.9 Å². The molecular formula is C14H20BrNO5. The van der Waals surface area contributed by atoms with Crippen LogP contribution in [0.4, 0.5) is 5.69 Å². The Kier molecular flexibility index (Phi) is 6.12. The van der Waals surface area contributed by atoms with Crippen molar-refractivity contribution in [2.75, 3.05) is 6.61 Å². The predicted octanol–water partition coefficient (Wildman–Crippen LogP) is 3.34. The molecule has 0 aliphatic carbocycles. The van der Waals surface area contributed by atoms with Gasteiger partial charge in [-0.15, -0.1) is 0 Å². The minimum atomic E-state index is -1.04. The van der Waals surface area contributed by atoms with E-state index in [1.807, 2.05) is 13.8 Å². The minimum absolute atomic E-state index is 0.00137. The Balaban J connectivity index is 3.22. The van der Waals surface area contributed by atoms with Gasteiger partial charge < -0.3 is 14.9 Å². The number of rotatable bonds is 7. The third-order valence-electron chi connectivity index (χ3n) is 3.51. The molecule has 118 valence electrons. The highest BCUT2D eigenvalue weighted by molar-refractivity contribution is 9.10. The highest BCUT2D eigenvalue weighted by atomic mass is 79.9. The lowest BCUT2D eigenvalue weighted by Crippen LogP contribution is -2.34. The van der Waals surface area contributed by atoms with Crippen molar-refractivity contribution in [2.45, 2.75) is 45.3 Å². The number of nitro benzene ring substituents is 1. The fraction of sp³-hybridized carbons (Fsp3) is 0.571. The quantitative estimate of drug-likeness (QED) is 0.573. The first-order valence-corrected chi connectivity index (χ1v) is 7.54. The molecule has 1 aromatic carbocycles.